The van der Waals surface area contributed by atoms with Crippen LogP contribution in [0.4, 0.5) is 0 Å². The van der Waals surface area contributed by atoms with Crippen LogP contribution in [0.1, 0.15) is 25.7 Å². The van der Waals surface area contributed by atoms with E-state index in [1.807, 2.05) is 0 Å². The topological polar surface area (TPSA) is 49.4 Å². The highest BCUT2D eigenvalue weighted by atomic mass is 32.2. The minimum Gasteiger partial charge on any atom is -0.241 e. The van der Waals surface area contributed by atoms with Crippen molar-refractivity contribution in [1.29, 1.82) is 0 Å². The Hall–Kier alpha value is -0.130. The maximum atomic E-state index is 11.6. The van der Waals surface area contributed by atoms with Gasteiger partial charge < -0.3 is 0 Å². The molecule has 0 aromatic rings. The van der Waals surface area contributed by atoms with Crippen molar-refractivity contribution < 1.29 is 8.42 Å². The summed E-state index contributed by atoms with van der Waals surface area (Å²) in [7, 11) is -2.97. The second-order valence-corrected chi connectivity index (χ2v) is 5.57. The Kier molecular flexibility index (Phi) is 2.10. The zero-order valence-corrected chi connectivity index (χ0v) is 7.81. The first kappa shape index (κ1) is 8.47. The fraction of sp³-hybridized carbons (Fsp3) is 1.00. The Morgan fingerprint density at radius 1 is 1.25 bits per heavy atom. The lowest BCUT2D eigenvalue weighted by molar-refractivity contribution is 0.267. The second-order valence-electron chi connectivity index (χ2n) is 3.43. The summed E-state index contributed by atoms with van der Waals surface area (Å²) in [5, 5.41) is -0.0805. The zero-order valence-electron chi connectivity index (χ0n) is 6.99. The first-order valence-corrected chi connectivity index (χ1v) is 5.96. The first-order valence-electron chi connectivity index (χ1n) is 4.46. The molecule has 0 unspecified atom stereocenters. The van der Waals surface area contributed by atoms with E-state index in [1.165, 1.54) is 4.41 Å². The molecule has 2 fully saturated rings. The Labute approximate surface area is 73.0 Å². The van der Waals surface area contributed by atoms with Crippen LogP contribution in [0.2, 0.25) is 0 Å². The van der Waals surface area contributed by atoms with Gasteiger partial charge in [0.15, 0.2) is 0 Å². The first-order chi connectivity index (χ1) is 5.71. The molecular weight excluding hydrogens is 176 g/mol. The summed E-state index contributed by atoms with van der Waals surface area (Å²) in [5.74, 6) is 0. The predicted octanol–water partition coefficient (Wildman–Crippen LogP) is 0.0790. The van der Waals surface area contributed by atoms with E-state index in [0.717, 1.165) is 32.2 Å². The summed E-state index contributed by atoms with van der Waals surface area (Å²) in [6.45, 7) is 1.45. The highest BCUT2D eigenvalue weighted by Gasteiger charge is 2.40. The normalized spacial score (nSPS) is 27.3. The van der Waals surface area contributed by atoms with E-state index in [9.17, 15) is 8.42 Å². The number of sulfonamides is 1. The van der Waals surface area contributed by atoms with E-state index >= 15 is 0 Å². The number of rotatable bonds is 2. The van der Waals surface area contributed by atoms with Crippen molar-refractivity contribution in [3.63, 3.8) is 0 Å². The minimum atomic E-state index is -2.97. The van der Waals surface area contributed by atoms with Crippen molar-refractivity contribution in [3.05, 3.63) is 0 Å². The Bertz CT molecular complexity index is 253. The van der Waals surface area contributed by atoms with E-state index in [2.05, 4.69) is 5.43 Å². The Balaban J connectivity index is 2.05. The number of hydrogen-bond acceptors (Lipinski definition) is 3. The van der Waals surface area contributed by atoms with Gasteiger partial charge in [-0.05, 0) is 25.7 Å². The summed E-state index contributed by atoms with van der Waals surface area (Å²) in [5.41, 5.74) is 2.93. The van der Waals surface area contributed by atoms with Crippen molar-refractivity contribution in [2.45, 2.75) is 30.9 Å². The average Bonchev–Trinajstić information content (AvgIpc) is 2.88. The summed E-state index contributed by atoms with van der Waals surface area (Å²) in [6.07, 6.45) is 3.76. The van der Waals surface area contributed by atoms with E-state index in [1.54, 1.807) is 0 Å². The van der Waals surface area contributed by atoms with Crippen LogP contribution >= 0.6 is 0 Å². The lowest BCUT2D eigenvalue weighted by atomic mass is 10.3. The van der Waals surface area contributed by atoms with Gasteiger partial charge in [-0.25, -0.2) is 13.8 Å². The molecule has 1 N–H and O–H groups in total. The lowest BCUT2D eigenvalue weighted by Crippen LogP contribution is -2.48. The average molecular weight is 190 g/mol. The third kappa shape index (κ3) is 1.48. The van der Waals surface area contributed by atoms with Crippen LogP contribution < -0.4 is 5.43 Å². The fourth-order valence-electron chi connectivity index (χ4n) is 1.43. The van der Waals surface area contributed by atoms with Gasteiger partial charge in [0.2, 0.25) is 10.0 Å². The largest absolute Gasteiger partial charge is 0.241 e. The molecule has 12 heavy (non-hydrogen) atoms. The molecule has 4 nitrogen and oxygen atoms in total. The molecule has 0 spiro atoms. The summed E-state index contributed by atoms with van der Waals surface area (Å²) in [6, 6.07) is 0. The van der Waals surface area contributed by atoms with Gasteiger partial charge in [0, 0.05) is 13.1 Å². The molecule has 1 heterocycles. The molecule has 0 aromatic carbocycles. The molecule has 2 rings (SSSR count). The van der Waals surface area contributed by atoms with E-state index in [-0.39, 0.29) is 5.25 Å². The maximum absolute atomic E-state index is 11.6. The summed E-state index contributed by atoms with van der Waals surface area (Å²) >= 11 is 0. The molecule has 0 aromatic heterocycles. The van der Waals surface area contributed by atoms with Crippen molar-refractivity contribution in [2.24, 2.45) is 0 Å². The Morgan fingerprint density at radius 3 is 2.50 bits per heavy atom. The van der Waals surface area contributed by atoms with Crippen LogP contribution in [0, 0.1) is 0 Å². The quantitative estimate of drug-likeness (QED) is 0.671. The number of hydrogen-bond donors (Lipinski definition) is 1. The van der Waals surface area contributed by atoms with E-state index in [4.69, 9.17) is 0 Å². The van der Waals surface area contributed by atoms with Crippen LogP contribution in [0.25, 0.3) is 0 Å². The molecule has 1 aliphatic heterocycles. The fourth-order valence-corrected chi connectivity index (χ4v) is 3.17. The third-order valence-electron chi connectivity index (χ3n) is 2.33. The lowest BCUT2D eigenvalue weighted by Gasteiger charge is -2.26. The number of nitrogens with zero attached hydrogens (tertiary/aromatic N) is 1. The van der Waals surface area contributed by atoms with Crippen LogP contribution in [0.5, 0.6) is 0 Å². The van der Waals surface area contributed by atoms with Gasteiger partial charge in [0.25, 0.3) is 0 Å². The van der Waals surface area contributed by atoms with Crippen LogP contribution in [0.15, 0.2) is 0 Å². The molecule has 0 radical (unpaired) electrons. The minimum absolute atomic E-state index is 0.0805. The zero-order chi connectivity index (χ0) is 8.60. The molecule has 0 amide bonds. The van der Waals surface area contributed by atoms with Crippen LogP contribution in [0.3, 0.4) is 0 Å². The number of hydrazine groups is 1. The second kappa shape index (κ2) is 2.97. The molecule has 5 heteroatoms. The summed E-state index contributed by atoms with van der Waals surface area (Å²) in [4.78, 5) is 0. The molecule has 1 saturated heterocycles. The van der Waals surface area contributed by atoms with Gasteiger partial charge >= 0.3 is 0 Å². The van der Waals surface area contributed by atoms with E-state index < -0.39 is 10.0 Å². The molecule has 2 aliphatic rings. The van der Waals surface area contributed by atoms with Crippen LogP contribution in [-0.4, -0.2) is 31.2 Å². The molecule has 1 aliphatic carbocycles. The van der Waals surface area contributed by atoms with Gasteiger partial charge in [0.1, 0.15) is 0 Å². The Morgan fingerprint density at radius 2 is 2.00 bits per heavy atom. The van der Waals surface area contributed by atoms with Crippen molar-refractivity contribution in [1.82, 2.24) is 9.84 Å². The van der Waals surface area contributed by atoms with Gasteiger partial charge in [-0.15, -0.1) is 4.41 Å². The van der Waals surface area contributed by atoms with Crippen molar-refractivity contribution in [3.8, 4) is 0 Å². The third-order valence-corrected chi connectivity index (χ3v) is 4.57. The highest BCUT2D eigenvalue weighted by molar-refractivity contribution is 7.89. The molecule has 0 bridgehead atoms. The SMILES string of the molecule is O=S(=O)(C1CC1)N1CCCCN1. The monoisotopic (exact) mass is 190 g/mol. The van der Waals surface area contributed by atoms with Gasteiger partial charge in [0.05, 0.1) is 5.25 Å². The maximum Gasteiger partial charge on any atom is 0.229 e. The van der Waals surface area contributed by atoms with Gasteiger partial charge in [-0.2, -0.15) is 0 Å². The summed E-state index contributed by atoms with van der Waals surface area (Å²) < 4.78 is 24.7. The standard InChI is InChI=1S/C7H14N2O2S/c10-12(11,7-3-4-7)9-6-2-1-5-8-9/h7-8H,1-6H2. The number of nitrogens with one attached hydrogen (secondary N) is 1. The van der Waals surface area contributed by atoms with Gasteiger partial charge in [-0.3, -0.25) is 0 Å². The molecule has 1 saturated carbocycles. The van der Waals surface area contributed by atoms with Gasteiger partial charge in [-0.1, -0.05) is 0 Å². The molecular formula is C7H14N2O2S. The van der Waals surface area contributed by atoms with Crippen molar-refractivity contribution in [2.75, 3.05) is 13.1 Å². The molecule has 70 valence electrons. The van der Waals surface area contributed by atoms with Crippen molar-refractivity contribution >= 4 is 10.0 Å². The smallest absolute Gasteiger partial charge is 0.229 e. The highest BCUT2D eigenvalue weighted by Crippen LogP contribution is 2.30. The van der Waals surface area contributed by atoms with E-state index in [0.29, 0.717) is 6.54 Å². The molecule has 0 atom stereocenters. The van der Waals surface area contributed by atoms with Crippen LogP contribution in [-0.2, 0) is 10.0 Å². The predicted molar refractivity (Wildman–Crippen MR) is 45.9 cm³/mol.